The van der Waals surface area contributed by atoms with Gasteiger partial charge >= 0.3 is 0 Å². The molecule has 2 rings (SSSR count). The molecule has 0 unspecified atom stereocenters. The highest BCUT2D eigenvalue weighted by molar-refractivity contribution is 5.99. The van der Waals surface area contributed by atoms with Crippen molar-refractivity contribution in [3.63, 3.8) is 0 Å². The van der Waals surface area contributed by atoms with E-state index in [4.69, 9.17) is 0 Å². The van der Waals surface area contributed by atoms with E-state index in [1.165, 1.54) is 6.20 Å². The lowest BCUT2D eigenvalue weighted by atomic mass is 10.3. The second kappa shape index (κ2) is 4.39. The first-order chi connectivity index (χ1) is 7.81. The Hall–Kier alpha value is -2.43. The summed E-state index contributed by atoms with van der Waals surface area (Å²) in [7, 11) is 0. The first-order valence-electron chi connectivity index (χ1n) is 4.66. The Morgan fingerprint density at radius 2 is 2.06 bits per heavy atom. The fourth-order valence-electron chi connectivity index (χ4n) is 1.30. The van der Waals surface area contributed by atoms with E-state index in [0.29, 0.717) is 12.0 Å². The molecule has 0 bridgehead atoms. The summed E-state index contributed by atoms with van der Waals surface area (Å²) in [5.74, 6) is -0.461. The van der Waals surface area contributed by atoms with Gasteiger partial charge < -0.3 is 0 Å². The van der Waals surface area contributed by atoms with E-state index >= 15 is 0 Å². The molecule has 0 spiro atoms. The number of nitrogens with one attached hydrogen (secondary N) is 1. The molecular weight excluding hydrogens is 206 g/mol. The predicted octanol–water partition coefficient (Wildman–Crippen LogP) is 0.758. The highest BCUT2D eigenvalue weighted by Gasteiger charge is 2.07. The second-order valence-corrected chi connectivity index (χ2v) is 3.10. The fourth-order valence-corrected chi connectivity index (χ4v) is 1.30. The Balaban J connectivity index is 2.26. The third-order valence-electron chi connectivity index (χ3n) is 2.06. The van der Waals surface area contributed by atoms with Crippen LogP contribution in [0.2, 0.25) is 0 Å². The van der Waals surface area contributed by atoms with E-state index < -0.39 is 5.91 Å². The minimum atomic E-state index is -0.461. The Bertz CT molecular complexity index is 505. The minimum Gasteiger partial charge on any atom is -0.295 e. The van der Waals surface area contributed by atoms with Gasteiger partial charge in [0.1, 0.15) is 0 Å². The van der Waals surface area contributed by atoms with Gasteiger partial charge in [-0.3, -0.25) is 14.9 Å². The van der Waals surface area contributed by atoms with Crippen molar-refractivity contribution in [2.75, 3.05) is 0 Å². The van der Waals surface area contributed by atoms with Gasteiger partial charge in [0.2, 0.25) is 6.41 Å². The topological polar surface area (TPSA) is 64.0 Å². The standard InChI is InChI=1S/C11H9N3O2/c15-8-12-11(16)9-6-13-14(7-9)10-4-2-1-3-5-10/h1-8H,(H,12,15,16). The van der Waals surface area contributed by atoms with Crippen LogP contribution in [0.4, 0.5) is 0 Å². The molecule has 0 aliphatic heterocycles. The van der Waals surface area contributed by atoms with Crippen molar-refractivity contribution in [1.29, 1.82) is 0 Å². The molecule has 1 aromatic carbocycles. The maximum Gasteiger partial charge on any atom is 0.260 e. The monoisotopic (exact) mass is 215 g/mol. The molecule has 2 aromatic rings. The number of nitrogens with zero attached hydrogens (tertiary/aromatic N) is 2. The van der Waals surface area contributed by atoms with Gasteiger partial charge in [-0.25, -0.2) is 4.68 Å². The molecule has 80 valence electrons. The summed E-state index contributed by atoms with van der Waals surface area (Å²) in [6.07, 6.45) is 3.32. The zero-order valence-corrected chi connectivity index (χ0v) is 8.33. The Morgan fingerprint density at radius 1 is 1.31 bits per heavy atom. The van der Waals surface area contributed by atoms with Crippen LogP contribution in [-0.4, -0.2) is 22.1 Å². The molecule has 2 amide bonds. The molecule has 16 heavy (non-hydrogen) atoms. The van der Waals surface area contributed by atoms with Crippen LogP contribution in [0.3, 0.4) is 0 Å². The van der Waals surface area contributed by atoms with Gasteiger partial charge in [0.25, 0.3) is 5.91 Å². The summed E-state index contributed by atoms with van der Waals surface area (Å²) in [5.41, 5.74) is 1.20. The number of aromatic nitrogens is 2. The number of hydrogen-bond acceptors (Lipinski definition) is 3. The highest BCUT2D eigenvalue weighted by atomic mass is 16.2. The van der Waals surface area contributed by atoms with Crippen molar-refractivity contribution in [2.45, 2.75) is 0 Å². The van der Waals surface area contributed by atoms with Crippen molar-refractivity contribution in [1.82, 2.24) is 15.1 Å². The quantitative estimate of drug-likeness (QED) is 0.769. The fraction of sp³-hybridized carbons (Fsp3) is 0. The summed E-state index contributed by atoms with van der Waals surface area (Å²) >= 11 is 0. The molecule has 0 aliphatic rings. The molecule has 5 heteroatoms. The summed E-state index contributed by atoms with van der Waals surface area (Å²) in [6, 6.07) is 9.39. The molecule has 1 aromatic heterocycles. The van der Waals surface area contributed by atoms with Gasteiger partial charge in [0.15, 0.2) is 0 Å². The summed E-state index contributed by atoms with van der Waals surface area (Å²) in [5, 5.41) is 6.08. The van der Waals surface area contributed by atoms with Crippen LogP contribution in [0.1, 0.15) is 10.4 Å². The molecule has 0 fully saturated rings. The second-order valence-electron chi connectivity index (χ2n) is 3.10. The van der Waals surface area contributed by atoms with Gasteiger partial charge in [-0.1, -0.05) is 18.2 Å². The van der Waals surface area contributed by atoms with Gasteiger partial charge in [-0.05, 0) is 12.1 Å². The predicted molar refractivity (Wildman–Crippen MR) is 57.1 cm³/mol. The first-order valence-corrected chi connectivity index (χ1v) is 4.66. The maximum absolute atomic E-state index is 11.3. The van der Waals surface area contributed by atoms with Crippen LogP contribution < -0.4 is 5.32 Å². The number of rotatable bonds is 3. The van der Waals surface area contributed by atoms with Crippen molar-refractivity contribution in [2.24, 2.45) is 0 Å². The summed E-state index contributed by atoms with van der Waals surface area (Å²) < 4.78 is 1.57. The molecule has 0 aliphatic carbocycles. The molecule has 0 saturated carbocycles. The van der Waals surface area contributed by atoms with Gasteiger partial charge in [-0.2, -0.15) is 5.10 Å². The Labute approximate surface area is 91.7 Å². The Morgan fingerprint density at radius 3 is 2.75 bits per heavy atom. The number of imide groups is 1. The summed E-state index contributed by atoms with van der Waals surface area (Å²) in [4.78, 5) is 21.4. The lowest BCUT2D eigenvalue weighted by Gasteiger charge is -1.98. The van der Waals surface area contributed by atoms with E-state index in [1.54, 1.807) is 10.9 Å². The van der Waals surface area contributed by atoms with Gasteiger partial charge in [0, 0.05) is 6.20 Å². The summed E-state index contributed by atoms with van der Waals surface area (Å²) in [6.45, 7) is 0. The van der Waals surface area contributed by atoms with E-state index in [2.05, 4.69) is 10.4 Å². The third kappa shape index (κ3) is 1.98. The lowest BCUT2D eigenvalue weighted by molar-refractivity contribution is -0.108. The SMILES string of the molecule is O=CNC(=O)c1cnn(-c2ccccc2)c1. The molecule has 0 atom stereocenters. The van der Waals surface area contributed by atoms with Crippen LogP contribution in [0.25, 0.3) is 5.69 Å². The van der Waals surface area contributed by atoms with Gasteiger partial charge in [-0.15, -0.1) is 0 Å². The average molecular weight is 215 g/mol. The van der Waals surface area contributed by atoms with Crippen molar-refractivity contribution in [3.05, 3.63) is 48.3 Å². The van der Waals surface area contributed by atoms with E-state index in [0.717, 1.165) is 5.69 Å². The first kappa shape index (κ1) is 10.1. The van der Waals surface area contributed by atoms with Crippen LogP contribution in [0.15, 0.2) is 42.7 Å². The Kier molecular flexibility index (Phi) is 2.77. The van der Waals surface area contributed by atoms with Crippen molar-refractivity contribution in [3.8, 4) is 5.69 Å². The van der Waals surface area contributed by atoms with Crippen LogP contribution in [0.5, 0.6) is 0 Å². The molecule has 0 radical (unpaired) electrons. The molecule has 0 saturated heterocycles. The smallest absolute Gasteiger partial charge is 0.260 e. The largest absolute Gasteiger partial charge is 0.295 e. The lowest BCUT2D eigenvalue weighted by Crippen LogP contribution is -2.20. The normalized spacial score (nSPS) is 9.75. The van der Waals surface area contributed by atoms with E-state index in [9.17, 15) is 9.59 Å². The number of carbonyl (C=O) groups is 2. The van der Waals surface area contributed by atoms with E-state index in [-0.39, 0.29) is 0 Å². The third-order valence-corrected chi connectivity index (χ3v) is 2.06. The van der Waals surface area contributed by atoms with Crippen LogP contribution in [0, 0.1) is 0 Å². The molecule has 1 N–H and O–H groups in total. The van der Waals surface area contributed by atoms with Crippen LogP contribution >= 0.6 is 0 Å². The molecule has 5 nitrogen and oxygen atoms in total. The van der Waals surface area contributed by atoms with Crippen molar-refractivity contribution < 1.29 is 9.59 Å². The highest BCUT2D eigenvalue weighted by Crippen LogP contribution is 2.07. The van der Waals surface area contributed by atoms with E-state index in [1.807, 2.05) is 30.3 Å². The molecule has 1 heterocycles. The maximum atomic E-state index is 11.3. The van der Waals surface area contributed by atoms with Gasteiger partial charge in [0.05, 0.1) is 17.4 Å². The number of carbonyl (C=O) groups excluding carboxylic acids is 2. The number of hydrogen-bond donors (Lipinski definition) is 1. The van der Waals surface area contributed by atoms with Crippen molar-refractivity contribution >= 4 is 12.3 Å². The zero-order valence-electron chi connectivity index (χ0n) is 8.33. The number of para-hydroxylation sites is 1. The minimum absolute atomic E-state index is 0.343. The average Bonchev–Trinajstić information content (AvgIpc) is 2.80. The molecular formula is C11H9N3O2. The van der Waals surface area contributed by atoms with Crippen LogP contribution in [-0.2, 0) is 4.79 Å². The zero-order chi connectivity index (χ0) is 11.4. The number of amides is 2. The number of benzene rings is 1.